The number of nitrogens with one attached hydrogen (secondary N) is 1. The molecule has 0 aliphatic carbocycles. The number of hydrazone groups is 1. The number of amides is 1. The molecule has 2 N–H and O–H groups in total. The molecule has 0 aliphatic heterocycles. The quantitative estimate of drug-likeness (QED) is 0.513. The molecule has 0 saturated carbocycles. The zero-order valence-corrected chi connectivity index (χ0v) is 11.8. The summed E-state index contributed by atoms with van der Waals surface area (Å²) in [6, 6.07) is 9.67. The normalized spacial score (nSPS) is 10.6. The Balaban J connectivity index is 2.12. The van der Waals surface area contributed by atoms with Crippen LogP contribution in [0.15, 0.2) is 47.6 Å². The molecule has 22 heavy (non-hydrogen) atoms. The van der Waals surface area contributed by atoms with E-state index in [-0.39, 0.29) is 17.0 Å². The molecule has 1 amide bonds. The topological polar surface area (TPSA) is 105 Å². The molecular weight excluding hydrogens is 310 g/mol. The molecule has 0 aliphatic rings. The lowest BCUT2D eigenvalue weighted by Crippen LogP contribution is -2.17. The first-order chi connectivity index (χ1) is 10.5. The third-order valence-corrected chi connectivity index (χ3v) is 2.94. The number of carbonyl (C=O) groups excluding carboxylic acids is 1. The lowest BCUT2D eigenvalue weighted by Gasteiger charge is -2.01. The van der Waals surface area contributed by atoms with Crippen molar-refractivity contribution in [1.29, 1.82) is 0 Å². The molecule has 0 radical (unpaired) electrons. The Bertz CT molecular complexity index is 744. The zero-order chi connectivity index (χ0) is 16.1. The number of carbonyl (C=O) groups is 1. The van der Waals surface area contributed by atoms with Gasteiger partial charge in [-0.25, -0.2) is 5.43 Å². The van der Waals surface area contributed by atoms with Crippen LogP contribution in [0.3, 0.4) is 0 Å². The van der Waals surface area contributed by atoms with E-state index in [0.717, 1.165) is 12.3 Å². The molecule has 0 fully saturated rings. The highest BCUT2D eigenvalue weighted by Gasteiger charge is 2.12. The van der Waals surface area contributed by atoms with Crippen LogP contribution in [0, 0.1) is 10.1 Å². The SMILES string of the molecule is O=C(N/N=C\c1cc(O)ccc1[N+](=O)[O-])c1ccc(Cl)cc1. The summed E-state index contributed by atoms with van der Waals surface area (Å²) in [5.41, 5.74) is 2.41. The number of halogens is 1. The minimum Gasteiger partial charge on any atom is -0.508 e. The lowest BCUT2D eigenvalue weighted by molar-refractivity contribution is -0.385. The number of benzene rings is 2. The van der Waals surface area contributed by atoms with Gasteiger partial charge in [0.25, 0.3) is 11.6 Å². The van der Waals surface area contributed by atoms with Crippen molar-refractivity contribution in [1.82, 2.24) is 5.43 Å². The second-order valence-corrected chi connectivity index (χ2v) is 4.64. The van der Waals surface area contributed by atoms with Crippen LogP contribution in [0.1, 0.15) is 15.9 Å². The minimum absolute atomic E-state index is 0.0707. The average molecular weight is 320 g/mol. The van der Waals surface area contributed by atoms with E-state index in [1.54, 1.807) is 12.1 Å². The van der Waals surface area contributed by atoms with Crippen molar-refractivity contribution in [3.05, 3.63) is 68.7 Å². The number of phenols is 1. The van der Waals surface area contributed by atoms with Crippen LogP contribution in [0.25, 0.3) is 0 Å². The molecule has 2 rings (SSSR count). The molecule has 0 spiro atoms. The van der Waals surface area contributed by atoms with E-state index in [1.807, 2.05) is 0 Å². The second-order valence-electron chi connectivity index (χ2n) is 4.21. The molecule has 7 nitrogen and oxygen atoms in total. The van der Waals surface area contributed by atoms with Crippen LogP contribution in [0.4, 0.5) is 5.69 Å². The van der Waals surface area contributed by atoms with E-state index in [1.165, 1.54) is 24.3 Å². The van der Waals surface area contributed by atoms with Crippen molar-refractivity contribution in [3.8, 4) is 5.75 Å². The van der Waals surface area contributed by atoms with Gasteiger partial charge in [-0.15, -0.1) is 0 Å². The maximum atomic E-state index is 11.8. The van der Waals surface area contributed by atoms with Crippen LogP contribution in [0.2, 0.25) is 5.02 Å². The molecule has 0 atom stereocenters. The summed E-state index contributed by atoms with van der Waals surface area (Å²) in [6.07, 6.45) is 1.09. The van der Waals surface area contributed by atoms with Gasteiger partial charge in [0.15, 0.2) is 0 Å². The maximum Gasteiger partial charge on any atom is 0.278 e. The van der Waals surface area contributed by atoms with Gasteiger partial charge in [0.2, 0.25) is 0 Å². The number of hydrogen-bond acceptors (Lipinski definition) is 5. The van der Waals surface area contributed by atoms with Crippen LogP contribution >= 0.6 is 11.6 Å². The molecule has 8 heteroatoms. The summed E-state index contributed by atoms with van der Waals surface area (Å²) in [7, 11) is 0. The van der Waals surface area contributed by atoms with Gasteiger partial charge in [-0.2, -0.15) is 5.10 Å². The monoisotopic (exact) mass is 319 g/mol. The van der Waals surface area contributed by atoms with Crippen molar-refractivity contribution < 1.29 is 14.8 Å². The molecule has 2 aromatic carbocycles. The Morgan fingerprint density at radius 1 is 1.27 bits per heavy atom. The summed E-state index contributed by atoms with van der Waals surface area (Å²) in [4.78, 5) is 22.0. The summed E-state index contributed by atoms with van der Waals surface area (Å²) < 4.78 is 0. The van der Waals surface area contributed by atoms with Crippen molar-refractivity contribution in [2.75, 3.05) is 0 Å². The predicted molar refractivity (Wildman–Crippen MR) is 81.3 cm³/mol. The van der Waals surface area contributed by atoms with Gasteiger partial charge in [-0.05, 0) is 36.4 Å². The number of nitro groups is 1. The van der Waals surface area contributed by atoms with Crippen molar-refractivity contribution in [2.24, 2.45) is 5.10 Å². The average Bonchev–Trinajstić information content (AvgIpc) is 2.47. The highest BCUT2D eigenvalue weighted by atomic mass is 35.5. The summed E-state index contributed by atoms with van der Waals surface area (Å²) >= 11 is 5.71. The van der Waals surface area contributed by atoms with E-state index in [9.17, 15) is 20.0 Å². The van der Waals surface area contributed by atoms with Gasteiger partial charge in [0.05, 0.1) is 16.7 Å². The highest BCUT2D eigenvalue weighted by molar-refractivity contribution is 6.30. The van der Waals surface area contributed by atoms with Gasteiger partial charge >= 0.3 is 0 Å². The van der Waals surface area contributed by atoms with Gasteiger partial charge in [0, 0.05) is 16.7 Å². The number of nitrogens with zero attached hydrogens (tertiary/aromatic N) is 2. The molecule has 0 heterocycles. The van der Waals surface area contributed by atoms with Crippen molar-refractivity contribution >= 4 is 29.4 Å². The Kier molecular flexibility index (Phi) is 4.70. The molecule has 0 unspecified atom stereocenters. The van der Waals surface area contributed by atoms with E-state index in [4.69, 9.17) is 11.6 Å². The Morgan fingerprint density at radius 2 is 1.95 bits per heavy atom. The van der Waals surface area contributed by atoms with E-state index < -0.39 is 10.8 Å². The molecule has 0 bridgehead atoms. The van der Waals surface area contributed by atoms with Crippen molar-refractivity contribution in [3.63, 3.8) is 0 Å². The fraction of sp³-hybridized carbons (Fsp3) is 0. The van der Waals surface area contributed by atoms with Gasteiger partial charge in [-0.1, -0.05) is 11.6 Å². The maximum absolute atomic E-state index is 11.8. The first-order valence-corrected chi connectivity index (χ1v) is 6.41. The van der Waals surface area contributed by atoms with Crippen LogP contribution in [-0.2, 0) is 0 Å². The first-order valence-electron chi connectivity index (χ1n) is 6.04. The van der Waals surface area contributed by atoms with Gasteiger partial charge in [0.1, 0.15) is 5.75 Å². The summed E-state index contributed by atoms with van der Waals surface area (Å²) in [6.45, 7) is 0. The highest BCUT2D eigenvalue weighted by Crippen LogP contribution is 2.21. The standard InChI is InChI=1S/C14H10ClN3O4/c15-11-3-1-9(2-4-11)14(20)17-16-8-10-7-12(19)5-6-13(10)18(21)22/h1-8,19H,(H,17,20)/b16-8-. The minimum atomic E-state index is -0.609. The smallest absolute Gasteiger partial charge is 0.278 e. The van der Waals surface area contributed by atoms with Gasteiger partial charge < -0.3 is 5.11 Å². The number of nitro benzene ring substituents is 1. The predicted octanol–water partition coefficient (Wildman–Crippen LogP) is 2.72. The van der Waals surface area contributed by atoms with Crippen molar-refractivity contribution in [2.45, 2.75) is 0 Å². The van der Waals surface area contributed by atoms with Crippen LogP contribution < -0.4 is 5.43 Å². The zero-order valence-electron chi connectivity index (χ0n) is 11.1. The second kappa shape index (κ2) is 6.68. The van der Waals surface area contributed by atoms with E-state index in [0.29, 0.717) is 10.6 Å². The van der Waals surface area contributed by atoms with Crippen LogP contribution in [-0.4, -0.2) is 22.2 Å². The number of rotatable bonds is 4. The Morgan fingerprint density at radius 3 is 2.59 bits per heavy atom. The van der Waals surface area contributed by atoms with Crippen LogP contribution in [0.5, 0.6) is 5.75 Å². The number of aromatic hydroxyl groups is 1. The summed E-state index contributed by atoms with van der Waals surface area (Å²) in [5, 5.41) is 24.3. The van der Waals surface area contributed by atoms with Gasteiger partial charge in [-0.3, -0.25) is 14.9 Å². The lowest BCUT2D eigenvalue weighted by atomic mass is 10.2. The number of hydrogen-bond donors (Lipinski definition) is 2. The Labute approximate surface area is 130 Å². The number of phenolic OH excluding ortho intramolecular Hbond substituents is 1. The Hall–Kier alpha value is -2.93. The fourth-order valence-corrected chi connectivity index (χ4v) is 1.76. The van der Waals surface area contributed by atoms with E-state index >= 15 is 0 Å². The largest absolute Gasteiger partial charge is 0.508 e. The molecular formula is C14H10ClN3O4. The first kappa shape index (κ1) is 15.5. The third kappa shape index (κ3) is 3.80. The molecule has 112 valence electrons. The molecule has 0 aromatic heterocycles. The summed E-state index contributed by atoms with van der Waals surface area (Å²) in [5.74, 6) is -0.633. The molecule has 2 aromatic rings. The molecule has 0 saturated heterocycles. The van der Waals surface area contributed by atoms with E-state index in [2.05, 4.69) is 10.5 Å². The third-order valence-electron chi connectivity index (χ3n) is 2.68. The fourth-order valence-electron chi connectivity index (χ4n) is 1.64.